The van der Waals surface area contributed by atoms with E-state index >= 15 is 0 Å². The molecule has 0 aromatic rings. The zero-order valence-corrected chi connectivity index (χ0v) is 16.0. The highest BCUT2D eigenvalue weighted by Gasteiger charge is 2.50. The van der Waals surface area contributed by atoms with Crippen molar-refractivity contribution in [2.45, 2.75) is 84.0 Å². The minimum absolute atomic E-state index is 0.122. The highest BCUT2D eigenvalue weighted by atomic mass is 16.5. The van der Waals surface area contributed by atoms with Crippen molar-refractivity contribution in [1.29, 1.82) is 0 Å². The largest absolute Gasteiger partial charge is 0.357 e. The summed E-state index contributed by atoms with van der Waals surface area (Å²) in [5.74, 6) is 0.904. The molecule has 1 saturated heterocycles. The van der Waals surface area contributed by atoms with E-state index in [-0.39, 0.29) is 11.5 Å². The lowest BCUT2D eigenvalue weighted by atomic mass is 9.79. The number of rotatable bonds is 5. The molecule has 1 spiro atoms. The van der Waals surface area contributed by atoms with E-state index in [9.17, 15) is 4.79 Å². The minimum Gasteiger partial charge on any atom is -0.357 e. The lowest BCUT2D eigenvalue weighted by Gasteiger charge is -2.52. The van der Waals surface area contributed by atoms with Gasteiger partial charge in [0, 0.05) is 19.1 Å². The van der Waals surface area contributed by atoms with Crippen molar-refractivity contribution in [2.24, 2.45) is 5.92 Å². The van der Waals surface area contributed by atoms with Gasteiger partial charge in [0.1, 0.15) is 5.60 Å². The first-order valence-corrected chi connectivity index (χ1v) is 9.39. The van der Waals surface area contributed by atoms with Crippen LogP contribution in [0.1, 0.15) is 66.7 Å². The summed E-state index contributed by atoms with van der Waals surface area (Å²) < 4.78 is 6.36. The summed E-state index contributed by atoms with van der Waals surface area (Å²) in [5.41, 5.74) is -0.798. The van der Waals surface area contributed by atoms with E-state index in [1.807, 2.05) is 18.7 Å². The third-order valence-electron chi connectivity index (χ3n) is 5.68. The topological polar surface area (TPSA) is 32.8 Å². The number of morpholine rings is 1. The second-order valence-electron chi connectivity index (χ2n) is 8.51. The second-order valence-corrected chi connectivity index (χ2v) is 8.51. The SMILES string of the molecule is CCN1CC2(CCC(N(C)CCC(C)C)CC2)OC(C)(C)C1=O. The van der Waals surface area contributed by atoms with E-state index in [0.717, 1.165) is 31.8 Å². The molecule has 2 rings (SSSR count). The van der Waals surface area contributed by atoms with Crippen LogP contribution in [0.3, 0.4) is 0 Å². The van der Waals surface area contributed by atoms with Gasteiger partial charge in [0.2, 0.25) is 0 Å². The number of nitrogens with zero attached hydrogens (tertiary/aromatic N) is 2. The van der Waals surface area contributed by atoms with Crippen molar-refractivity contribution in [3.05, 3.63) is 0 Å². The van der Waals surface area contributed by atoms with Crippen LogP contribution in [0.15, 0.2) is 0 Å². The first-order chi connectivity index (χ1) is 10.7. The number of ether oxygens (including phenoxy) is 1. The maximum absolute atomic E-state index is 12.4. The third kappa shape index (κ3) is 4.27. The van der Waals surface area contributed by atoms with Crippen LogP contribution in [0.5, 0.6) is 0 Å². The maximum Gasteiger partial charge on any atom is 0.254 e. The van der Waals surface area contributed by atoms with Crippen molar-refractivity contribution in [1.82, 2.24) is 9.80 Å². The molecule has 1 amide bonds. The molecule has 0 aromatic heterocycles. The van der Waals surface area contributed by atoms with Gasteiger partial charge in [-0.25, -0.2) is 0 Å². The fourth-order valence-electron chi connectivity index (χ4n) is 4.15. The van der Waals surface area contributed by atoms with Gasteiger partial charge >= 0.3 is 0 Å². The van der Waals surface area contributed by atoms with Crippen LogP contribution in [0.25, 0.3) is 0 Å². The average Bonchev–Trinajstić information content (AvgIpc) is 2.49. The molecular weight excluding hydrogens is 288 g/mol. The first-order valence-electron chi connectivity index (χ1n) is 9.39. The quantitative estimate of drug-likeness (QED) is 0.778. The Balaban J connectivity index is 1.95. The van der Waals surface area contributed by atoms with Crippen molar-refractivity contribution in [3.63, 3.8) is 0 Å². The molecule has 4 heteroatoms. The molecule has 1 saturated carbocycles. The summed E-state index contributed by atoms with van der Waals surface area (Å²) in [5, 5.41) is 0. The van der Waals surface area contributed by atoms with Crippen LogP contribution < -0.4 is 0 Å². The molecule has 134 valence electrons. The smallest absolute Gasteiger partial charge is 0.254 e. The zero-order valence-electron chi connectivity index (χ0n) is 16.0. The summed E-state index contributed by atoms with van der Waals surface area (Å²) in [6.07, 6.45) is 5.75. The van der Waals surface area contributed by atoms with Crippen molar-refractivity contribution in [2.75, 3.05) is 26.7 Å². The molecule has 23 heavy (non-hydrogen) atoms. The monoisotopic (exact) mass is 324 g/mol. The molecule has 2 aliphatic rings. The summed E-state index contributed by atoms with van der Waals surface area (Å²) in [6, 6.07) is 0.666. The Morgan fingerprint density at radius 1 is 1.30 bits per heavy atom. The molecule has 0 unspecified atom stereocenters. The Bertz CT molecular complexity index is 412. The molecule has 0 N–H and O–H groups in total. The zero-order chi connectivity index (χ0) is 17.3. The van der Waals surface area contributed by atoms with E-state index < -0.39 is 5.60 Å². The summed E-state index contributed by atoms with van der Waals surface area (Å²) in [6.45, 7) is 13.2. The molecular formula is C19H36N2O2. The summed E-state index contributed by atoms with van der Waals surface area (Å²) in [4.78, 5) is 16.9. The molecule has 1 heterocycles. The Kier molecular flexibility index (Phi) is 5.78. The number of amides is 1. The number of hydrogen-bond donors (Lipinski definition) is 0. The first kappa shape index (κ1) is 18.7. The molecule has 1 aliphatic carbocycles. The lowest BCUT2D eigenvalue weighted by Crippen LogP contribution is -2.64. The predicted molar refractivity (Wildman–Crippen MR) is 94.5 cm³/mol. The highest BCUT2D eigenvalue weighted by molar-refractivity contribution is 5.85. The Morgan fingerprint density at radius 3 is 2.43 bits per heavy atom. The van der Waals surface area contributed by atoms with Crippen molar-refractivity contribution in [3.8, 4) is 0 Å². The fourth-order valence-corrected chi connectivity index (χ4v) is 4.15. The van der Waals surface area contributed by atoms with E-state index in [1.165, 1.54) is 25.8 Å². The van der Waals surface area contributed by atoms with Gasteiger partial charge in [-0.15, -0.1) is 0 Å². The van der Waals surface area contributed by atoms with Crippen LogP contribution in [0, 0.1) is 5.92 Å². The van der Waals surface area contributed by atoms with E-state index in [1.54, 1.807) is 0 Å². The lowest BCUT2D eigenvalue weighted by molar-refractivity contribution is -0.215. The van der Waals surface area contributed by atoms with Gasteiger partial charge in [-0.05, 0) is 72.4 Å². The van der Waals surface area contributed by atoms with E-state index in [2.05, 4.69) is 32.7 Å². The van der Waals surface area contributed by atoms with Gasteiger partial charge in [0.05, 0.1) is 5.60 Å². The van der Waals surface area contributed by atoms with E-state index in [0.29, 0.717) is 6.04 Å². The van der Waals surface area contributed by atoms with Gasteiger partial charge in [-0.3, -0.25) is 4.79 Å². The predicted octanol–water partition coefficient (Wildman–Crippen LogP) is 3.30. The number of carbonyl (C=O) groups excluding carboxylic acids is 1. The van der Waals surface area contributed by atoms with E-state index in [4.69, 9.17) is 4.74 Å². The van der Waals surface area contributed by atoms with Crippen LogP contribution in [-0.2, 0) is 9.53 Å². The van der Waals surface area contributed by atoms with Crippen molar-refractivity contribution >= 4 is 5.91 Å². The average molecular weight is 325 g/mol. The van der Waals surface area contributed by atoms with Gasteiger partial charge in [0.15, 0.2) is 0 Å². The van der Waals surface area contributed by atoms with Crippen LogP contribution in [0.2, 0.25) is 0 Å². The Labute approximate surface area is 142 Å². The Morgan fingerprint density at radius 2 is 1.91 bits per heavy atom. The van der Waals surface area contributed by atoms with Gasteiger partial charge in [0.25, 0.3) is 5.91 Å². The standard InChI is InChI=1S/C19H36N2O2/c1-7-21-14-19(23-18(4,5)17(21)22)11-8-16(9-12-19)20(6)13-10-15(2)3/h15-16H,7-14H2,1-6H3. The second kappa shape index (κ2) is 7.10. The Hall–Kier alpha value is -0.610. The number of carbonyl (C=O) groups is 1. The number of hydrogen-bond acceptors (Lipinski definition) is 3. The number of likely N-dealkylation sites (N-methyl/N-ethyl adjacent to an activating group) is 1. The van der Waals surface area contributed by atoms with Gasteiger partial charge in [-0.2, -0.15) is 0 Å². The van der Waals surface area contributed by atoms with Crippen LogP contribution in [-0.4, -0.2) is 59.6 Å². The molecule has 0 bridgehead atoms. The molecule has 1 aliphatic heterocycles. The molecule has 4 nitrogen and oxygen atoms in total. The maximum atomic E-state index is 12.4. The van der Waals surface area contributed by atoms with Crippen LogP contribution >= 0.6 is 0 Å². The van der Waals surface area contributed by atoms with Gasteiger partial charge in [-0.1, -0.05) is 13.8 Å². The molecule has 2 fully saturated rings. The fraction of sp³-hybridized carbons (Fsp3) is 0.947. The minimum atomic E-state index is -0.676. The van der Waals surface area contributed by atoms with Gasteiger partial charge < -0.3 is 14.5 Å². The molecule has 0 radical (unpaired) electrons. The van der Waals surface area contributed by atoms with Crippen LogP contribution in [0.4, 0.5) is 0 Å². The molecule has 0 aromatic carbocycles. The van der Waals surface area contributed by atoms with Crippen molar-refractivity contribution < 1.29 is 9.53 Å². The molecule has 0 atom stereocenters. The highest BCUT2D eigenvalue weighted by Crippen LogP contribution is 2.40. The summed E-state index contributed by atoms with van der Waals surface area (Å²) in [7, 11) is 2.26. The third-order valence-corrected chi connectivity index (χ3v) is 5.68. The normalized spacial score (nSPS) is 31.4. The summed E-state index contributed by atoms with van der Waals surface area (Å²) >= 11 is 0.